The number of fused-ring (bicyclic) bond motifs is 1. The molecule has 2 aliphatic carbocycles. The zero-order valence-corrected chi connectivity index (χ0v) is 21.6. The predicted octanol–water partition coefficient (Wildman–Crippen LogP) is 7.54. The van der Waals surface area contributed by atoms with Gasteiger partial charge in [-0.2, -0.15) is 0 Å². The molecule has 5 rings (SSSR count). The molecule has 2 aromatic carbocycles. The Morgan fingerprint density at radius 2 is 1.75 bits per heavy atom. The number of ether oxygens (including phenoxy) is 1. The Morgan fingerprint density at radius 3 is 2.47 bits per heavy atom. The molecule has 36 heavy (non-hydrogen) atoms. The lowest BCUT2D eigenvalue weighted by atomic mass is 9.82. The van der Waals surface area contributed by atoms with E-state index in [4.69, 9.17) is 21.3 Å². The number of carbonyl (C=O) groups excluding carboxylic acids is 1. The fourth-order valence-corrected chi connectivity index (χ4v) is 6.15. The summed E-state index contributed by atoms with van der Waals surface area (Å²) in [4.78, 5) is 18.9. The van der Waals surface area contributed by atoms with Crippen LogP contribution in [0.3, 0.4) is 0 Å². The lowest BCUT2D eigenvalue weighted by molar-refractivity contribution is -0.127. The topological polar surface area (TPSA) is 56.2 Å². The number of imidazole rings is 1. The molecule has 0 aliphatic heterocycles. The zero-order valence-electron chi connectivity index (χ0n) is 20.9. The van der Waals surface area contributed by atoms with Crippen LogP contribution in [0.1, 0.15) is 89.1 Å². The van der Waals surface area contributed by atoms with Crippen LogP contribution in [0.15, 0.2) is 42.5 Å². The molecular formula is C29H35ClFN3O2. The highest BCUT2D eigenvalue weighted by atomic mass is 35.5. The van der Waals surface area contributed by atoms with Crippen molar-refractivity contribution in [3.05, 3.63) is 59.1 Å². The average Bonchev–Trinajstić information content (AvgIpc) is 3.25. The minimum Gasteiger partial charge on any atom is -0.481 e. The molecule has 2 fully saturated rings. The van der Waals surface area contributed by atoms with Gasteiger partial charge in [0.15, 0.2) is 11.9 Å². The van der Waals surface area contributed by atoms with Crippen LogP contribution in [-0.4, -0.2) is 21.5 Å². The Hall–Kier alpha value is -2.60. The Balaban J connectivity index is 1.57. The number of hydrogen-bond donors (Lipinski definition) is 1. The summed E-state index contributed by atoms with van der Waals surface area (Å²) in [6.45, 7) is 1.91. The van der Waals surface area contributed by atoms with Crippen LogP contribution in [0.25, 0.3) is 11.0 Å². The summed E-state index contributed by atoms with van der Waals surface area (Å²) in [6, 6.07) is 11.7. The fourth-order valence-electron chi connectivity index (χ4n) is 5.97. The van der Waals surface area contributed by atoms with Crippen LogP contribution in [0.2, 0.25) is 5.02 Å². The first kappa shape index (κ1) is 25.1. The van der Waals surface area contributed by atoms with Gasteiger partial charge in [-0.15, -0.1) is 0 Å². The molecule has 0 bridgehead atoms. The van der Waals surface area contributed by atoms with Crippen LogP contribution < -0.4 is 10.1 Å². The average molecular weight is 512 g/mol. The van der Waals surface area contributed by atoms with Gasteiger partial charge in [0.25, 0.3) is 0 Å². The second-order valence-corrected chi connectivity index (χ2v) is 10.8. The summed E-state index contributed by atoms with van der Waals surface area (Å²) in [5.74, 6) is 1.00. The lowest BCUT2D eigenvalue weighted by Crippen LogP contribution is -2.44. The lowest BCUT2D eigenvalue weighted by Gasteiger charge is -2.34. The van der Waals surface area contributed by atoms with Crippen molar-refractivity contribution in [3.63, 3.8) is 0 Å². The molecule has 1 heterocycles. The molecule has 1 amide bonds. The molecule has 2 aliphatic rings. The summed E-state index contributed by atoms with van der Waals surface area (Å²) >= 11 is 6.37. The molecule has 0 radical (unpaired) electrons. The van der Waals surface area contributed by atoms with Gasteiger partial charge in [0.2, 0.25) is 5.91 Å². The number of halogens is 2. The molecule has 3 aromatic rings. The largest absolute Gasteiger partial charge is 0.481 e. The van der Waals surface area contributed by atoms with E-state index in [0.717, 1.165) is 51.4 Å². The standard InChI is InChI=1S/C29H35ClFN3O2/c1-19(36-26-15-9-8-14-23(26)30)28-33-24-17-16-21(31)18-25(24)34(28)27(20-10-4-2-5-11-20)29(35)32-22-12-6-3-7-13-22/h8-9,14-20,22,27H,2-7,10-13H2,1H3,(H,32,35). The summed E-state index contributed by atoms with van der Waals surface area (Å²) in [6.07, 6.45) is 10.4. The van der Waals surface area contributed by atoms with E-state index in [0.29, 0.717) is 27.6 Å². The van der Waals surface area contributed by atoms with E-state index in [1.54, 1.807) is 12.1 Å². The van der Waals surface area contributed by atoms with Gasteiger partial charge in [0, 0.05) is 6.04 Å². The number of amides is 1. The van der Waals surface area contributed by atoms with Gasteiger partial charge in [-0.05, 0) is 68.9 Å². The molecule has 0 spiro atoms. The minimum atomic E-state index is -0.492. The van der Waals surface area contributed by atoms with Crippen molar-refractivity contribution in [1.82, 2.24) is 14.9 Å². The number of aromatic nitrogens is 2. The monoisotopic (exact) mass is 511 g/mol. The molecule has 1 aromatic heterocycles. The first-order valence-corrected chi connectivity index (χ1v) is 13.8. The quantitative estimate of drug-likeness (QED) is 0.356. The molecule has 0 saturated heterocycles. The Morgan fingerprint density at radius 1 is 1.06 bits per heavy atom. The van der Waals surface area contributed by atoms with E-state index >= 15 is 0 Å². The van der Waals surface area contributed by atoms with Gasteiger partial charge in [0.1, 0.15) is 17.6 Å². The second-order valence-electron chi connectivity index (χ2n) is 10.3. The highest BCUT2D eigenvalue weighted by molar-refractivity contribution is 6.32. The Kier molecular flexibility index (Phi) is 7.80. The third-order valence-electron chi connectivity index (χ3n) is 7.78. The maximum Gasteiger partial charge on any atom is 0.243 e. The third kappa shape index (κ3) is 5.39. The number of nitrogens with one attached hydrogen (secondary N) is 1. The van der Waals surface area contributed by atoms with E-state index in [2.05, 4.69) is 5.32 Å². The van der Waals surface area contributed by atoms with Crippen LogP contribution in [0, 0.1) is 11.7 Å². The number of hydrogen-bond acceptors (Lipinski definition) is 3. The summed E-state index contributed by atoms with van der Waals surface area (Å²) < 4.78 is 22.7. The van der Waals surface area contributed by atoms with Crippen molar-refractivity contribution in [2.75, 3.05) is 0 Å². The van der Waals surface area contributed by atoms with E-state index in [1.807, 2.05) is 29.7 Å². The van der Waals surface area contributed by atoms with E-state index < -0.39 is 12.1 Å². The number of rotatable bonds is 7. The van der Waals surface area contributed by atoms with E-state index in [1.165, 1.54) is 25.0 Å². The first-order valence-electron chi connectivity index (χ1n) is 13.4. The van der Waals surface area contributed by atoms with Gasteiger partial charge in [-0.25, -0.2) is 9.37 Å². The highest BCUT2D eigenvalue weighted by Crippen LogP contribution is 2.39. The normalized spacial score (nSPS) is 19.2. The molecule has 2 unspecified atom stereocenters. The fraction of sp³-hybridized carbons (Fsp3) is 0.517. The minimum absolute atomic E-state index is 0.0172. The predicted molar refractivity (Wildman–Crippen MR) is 141 cm³/mol. The second kappa shape index (κ2) is 11.2. The zero-order chi connectivity index (χ0) is 25.1. The van der Waals surface area contributed by atoms with Gasteiger partial charge >= 0.3 is 0 Å². The summed E-state index contributed by atoms with van der Waals surface area (Å²) in [7, 11) is 0. The molecule has 1 N–H and O–H groups in total. The van der Waals surface area contributed by atoms with Crippen molar-refractivity contribution < 1.29 is 13.9 Å². The molecule has 7 heteroatoms. The molecule has 192 valence electrons. The van der Waals surface area contributed by atoms with E-state index in [9.17, 15) is 9.18 Å². The molecular weight excluding hydrogens is 477 g/mol. The first-order chi connectivity index (χ1) is 17.5. The van der Waals surface area contributed by atoms with Crippen molar-refractivity contribution in [3.8, 4) is 5.75 Å². The maximum absolute atomic E-state index is 14.5. The maximum atomic E-state index is 14.5. The number of para-hydroxylation sites is 1. The van der Waals surface area contributed by atoms with Crippen molar-refractivity contribution in [1.29, 1.82) is 0 Å². The highest BCUT2D eigenvalue weighted by Gasteiger charge is 2.36. The van der Waals surface area contributed by atoms with Crippen LogP contribution in [0.4, 0.5) is 4.39 Å². The summed E-state index contributed by atoms with van der Waals surface area (Å²) in [5.41, 5.74) is 1.29. The SMILES string of the molecule is CC(Oc1ccccc1Cl)c1nc2ccc(F)cc2n1C(C(=O)NC1CCCCC1)C1CCCCC1. The van der Waals surface area contributed by atoms with Gasteiger partial charge in [0.05, 0.1) is 16.1 Å². The van der Waals surface area contributed by atoms with Crippen molar-refractivity contribution >= 4 is 28.5 Å². The van der Waals surface area contributed by atoms with Gasteiger partial charge in [-0.1, -0.05) is 62.3 Å². The Bertz CT molecular complexity index is 1200. The molecule has 2 atom stereocenters. The number of nitrogens with zero attached hydrogens (tertiary/aromatic N) is 2. The third-order valence-corrected chi connectivity index (χ3v) is 8.09. The molecule has 2 saturated carbocycles. The van der Waals surface area contributed by atoms with Crippen LogP contribution in [0.5, 0.6) is 5.75 Å². The summed E-state index contributed by atoms with van der Waals surface area (Å²) in [5, 5.41) is 3.88. The van der Waals surface area contributed by atoms with Crippen LogP contribution in [-0.2, 0) is 4.79 Å². The number of carbonyl (C=O) groups is 1. The van der Waals surface area contributed by atoms with Crippen molar-refractivity contribution in [2.45, 2.75) is 89.3 Å². The van der Waals surface area contributed by atoms with E-state index in [-0.39, 0.29) is 23.7 Å². The van der Waals surface area contributed by atoms with Crippen molar-refractivity contribution in [2.24, 2.45) is 5.92 Å². The molecule has 5 nitrogen and oxygen atoms in total. The van der Waals surface area contributed by atoms with Gasteiger partial charge in [-0.3, -0.25) is 4.79 Å². The number of benzene rings is 2. The van der Waals surface area contributed by atoms with Crippen LogP contribution >= 0.6 is 11.6 Å². The smallest absolute Gasteiger partial charge is 0.243 e. The van der Waals surface area contributed by atoms with Gasteiger partial charge < -0.3 is 14.6 Å². The Labute approximate surface area is 217 Å².